The minimum atomic E-state index is 0.761. The van der Waals surface area contributed by atoms with Crippen molar-refractivity contribution in [3.8, 4) is 17.0 Å². The molecule has 0 amide bonds. The van der Waals surface area contributed by atoms with E-state index >= 15 is 0 Å². The zero-order chi connectivity index (χ0) is 11.2. The number of benzene rings is 1. The van der Waals surface area contributed by atoms with Crippen molar-refractivity contribution in [2.45, 2.75) is 13.3 Å². The van der Waals surface area contributed by atoms with E-state index in [4.69, 9.17) is 4.74 Å². The zero-order valence-electron chi connectivity index (χ0n) is 9.31. The number of pyridine rings is 1. The van der Waals surface area contributed by atoms with E-state index in [1.54, 1.807) is 12.3 Å². The smallest absolute Gasteiger partial charge is 0.119 e. The van der Waals surface area contributed by atoms with Crippen molar-refractivity contribution in [1.29, 1.82) is 0 Å². The van der Waals surface area contributed by atoms with Crippen LogP contribution in [0.4, 0.5) is 0 Å². The topological polar surface area (TPSA) is 22.1 Å². The summed E-state index contributed by atoms with van der Waals surface area (Å²) < 4.78 is 5.52. The van der Waals surface area contributed by atoms with Gasteiger partial charge in [0.25, 0.3) is 0 Å². The highest BCUT2D eigenvalue weighted by atomic mass is 16.5. The Hall–Kier alpha value is -1.83. The summed E-state index contributed by atoms with van der Waals surface area (Å²) >= 11 is 0. The molecule has 0 saturated carbocycles. The van der Waals surface area contributed by atoms with Crippen molar-refractivity contribution in [3.63, 3.8) is 0 Å². The van der Waals surface area contributed by atoms with Gasteiger partial charge in [0, 0.05) is 11.8 Å². The molecule has 1 radical (unpaired) electrons. The van der Waals surface area contributed by atoms with Gasteiger partial charge in [0.2, 0.25) is 0 Å². The lowest BCUT2D eigenvalue weighted by molar-refractivity contribution is 0.317. The molecule has 0 spiro atoms. The summed E-state index contributed by atoms with van der Waals surface area (Å²) in [5, 5.41) is 0. The second kappa shape index (κ2) is 5.31. The maximum absolute atomic E-state index is 5.52. The maximum atomic E-state index is 5.52. The van der Waals surface area contributed by atoms with E-state index in [0.717, 1.165) is 30.0 Å². The molecular formula is C14H14NO. The summed E-state index contributed by atoms with van der Waals surface area (Å²) in [7, 11) is 0. The Morgan fingerprint density at radius 3 is 2.69 bits per heavy atom. The van der Waals surface area contributed by atoms with E-state index in [2.05, 4.69) is 18.0 Å². The van der Waals surface area contributed by atoms with Crippen LogP contribution < -0.4 is 4.74 Å². The quantitative estimate of drug-likeness (QED) is 0.775. The summed E-state index contributed by atoms with van der Waals surface area (Å²) in [5.74, 6) is 0.908. The largest absolute Gasteiger partial charge is 0.494 e. The Balaban J connectivity index is 2.13. The first-order chi connectivity index (χ1) is 7.90. The van der Waals surface area contributed by atoms with Gasteiger partial charge < -0.3 is 4.74 Å². The number of nitrogens with zero attached hydrogens (tertiary/aromatic N) is 1. The van der Waals surface area contributed by atoms with E-state index in [1.807, 2.05) is 30.3 Å². The molecule has 0 aliphatic rings. The minimum Gasteiger partial charge on any atom is -0.494 e. The monoisotopic (exact) mass is 212 g/mol. The van der Waals surface area contributed by atoms with Crippen LogP contribution in [0.2, 0.25) is 0 Å². The summed E-state index contributed by atoms with van der Waals surface area (Å²) in [6.07, 6.45) is 2.77. The fraction of sp³-hybridized carbons (Fsp3) is 0.214. The van der Waals surface area contributed by atoms with E-state index in [1.165, 1.54) is 0 Å². The highest BCUT2D eigenvalue weighted by Gasteiger charge is 1.98. The summed E-state index contributed by atoms with van der Waals surface area (Å²) in [6, 6.07) is 14.7. The molecule has 2 aromatic rings. The first kappa shape index (κ1) is 10.7. The summed E-state index contributed by atoms with van der Waals surface area (Å²) in [4.78, 5) is 4.27. The Bertz CT molecular complexity index is 422. The minimum absolute atomic E-state index is 0.761. The molecule has 1 heterocycles. The third-order valence-electron chi connectivity index (χ3n) is 2.23. The molecule has 2 heteroatoms. The van der Waals surface area contributed by atoms with Crippen LogP contribution in [-0.2, 0) is 0 Å². The Kier molecular flexibility index (Phi) is 3.54. The second-order valence-corrected chi connectivity index (χ2v) is 3.51. The van der Waals surface area contributed by atoms with Gasteiger partial charge in [-0.05, 0) is 48.9 Å². The third-order valence-corrected chi connectivity index (χ3v) is 2.23. The van der Waals surface area contributed by atoms with E-state index < -0.39 is 0 Å². The van der Waals surface area contributed by atoms with Crippen molar-refractivity contribution >= 4 is 0 Å². The second-order valence-electron chi connectivity index (χ2n) is 3.51. The van der Waals surface area contributed by atoms with Gasteiger partial charge in [-0.25, -0.2) is 0 Å². The average molecular weight is 212 g/mol. The number of hydrogen-bond donors (Lipinski definition) is 0. The maximum Gasteiger partial charge on any atom is 0.119 e. The molecular weight excluding hydrogens is 198 g/mol. The van der Waals surface area contributed by atoms with Crippen LogP contribution in [0.25, 0.3) is 11.3 Å². The lowest BCUT2D eigenvalue weighted by atomic mass is 10.1. The number of rotatable bonds is 4. The molecule has 0 fully saturated rings. The summed E-state index contributed by atoms with van der Waals surface area (Å²) in [5.41, 5.74) is 2.02. The number of aromatic nitrogens is 1. The van der Waals surface area contributed by atoms with Gasteiger partial charge >= 0.3 is 0 Å². The highest BCUT2D eigenvalue weighted by molar-refractivity contribution is 5.59. The van der Waals surface area contributed by atoms with Crippen LogP contribution in [0.5, 0.6) is 5.75 Å². The average Bonchev–Trinajstić information content (AvgIpc) is 2.38. The Labute approximate surface area is 95.9 Å². The van der Waals surface area contributed by atoms with Gasteiger partial charge in [0.1, 0.15) is 5.75 Å². The van der Waals surface area contributed by atoms with Crippen molar-refractivity contribution in [2.75, 3.05) is 6.61 Å². The van der Waals surface area contributed by atoms with Gasteiger partial charge in [-0.2, -0.15) is 0 Å². The van der Waals surface area contributed by atoms with Crippen molar-refractivity contribution in [1.82, 2.24) is 4.98 Å². The molecule has 1 aromatic heterocycles. The number of ether oxygens (including phenoxy) is 1. The van der Waals surface area contributed by atoms with E-state index in [-0.39, 0.29) is 0 Å². The molecule has 0 atom stereocenters. The Morgan fingerprint density at radius 2 is 2.06 bits per heavy atom. The fourth-order valence-corrected chi connectivity index (χ4v) is 1.42. The van der Waals surface area contributed by atoms with Crippen LogP contribution >= 0.6 is 0 Å². The van der Waals surface area contributed by atoms with Crippen molar-refractivity contribution in [2.24, 2.45) is 0 Å². The predicted octanol–water partition coefficient (Wildman–Crippen LogP) is 3.34. The van der Waals surface area contributed by atoms with Gasteiger partial charge in [0.15, 0.2) is 0 Å². The molecule has 2 rings (SSSR count). The molecule has 1 aromatic carbocycles. The first-order valence-corrected chi connectivity index (χ1v) is 5.45. The van der Waals surface area contributed by atoms with Crippen LogP contribution in [0.1, 0.15) is 13.3 Å². The van der Waals surface area contributed by atoms with Gasteiger partial charge in [0.05, 0.1) is 12.3 Å². The lowest BCUT2D eigenvalue weighted by Gasteiger charge is -2.05. The van der Waals surface area contributed by atoms with Gasteiger partial charge in [-0.15, -0.1) is 0 Å². The van der Waals surface area contributed by atoms with Crippen LogP contribution in [-0.4, -0.2) is 11.6 Å². The van der Waals surface area contributed by atoms with Crippen molar-refractivity contribution in [3.05, 3.63) is 48.7 Å². The van der Waals surface area contributed by atoms with Gasteiger partial charge in [-0.1, -0.05) is 6.92 Å². The molecule has 0 aliphatic carbocycles. The van der Waals surface area contributed by atoms with Gasteiger partial charge in [-0.3, -0.25) is 4.98 Å². The fourth-order valence-electron chi connectivity index (χ4n) is 1.42. The molecule has 0 bridgehead atoms. The van der Waals surface area contributed by atoms with E-state index in [0.29, 0.717) is 0 Å². The molecule has 0 aliphatic heterocycles. The molecule has 16 heavy (non-hydrogen) atoms. The highest BCUT2D eigenvalue weighted by Crippen LogP contribution is 2.20. The zero-order valence-corrected chi connectivity index (χ0v) is 9.31. The number of hydrogen-bond acceptors (Lipinski definition) is 2. The standard InChI is InChI=1S/C14H14NO/c1-2-11-16-13-8-6-12(7-9-13)14-5-3-4-10-15-14/h4-10H,2,11H2,1H3. The predicted molar refractivity (Wildman–Crippen MR) is 64.3 cm³/mol. The Morgan fingerprint density at radius 1 is 1.25 bits per heavy atom. The van der Waals surface area contributed by atoms with E-state index in [9.17, 15) is 0 Å². The molecule has 0 unspecified atom stereocenters. The van der Waals surface area contributed by atoms with Crippen LogP contribution in [0.15, 0.2) is 42.6 Å². The summed E-state index contributed by atoms with van der Waals surface area (Å²) in [6.45, 7) is 2.86. The van der Waals surface area contributed by atoms with Crippen LogP contribution in [0.3, 0.4) is 0 Å². The lowest BCUT2D eigenvalue weighted by Crippen LogP contribution is -1.94. The third kappa shape index (κ3) is 2.60. The molecule has 0 saturated heterocycles. The SMILES string of the molecule is CCCOc1ccc(-c2c[c]ccn2)cc1. The molecule has 0 N–H and O–H groups in total. The molecule has 2 nitrogen and oxygen atoms in total. The molecule has 81 valence electrons. The van der Waals surface area contributed by atoms with Crippen molar-refractivity contribution < 1.29 is 4.74 Å². The van der Waals surface area contributed by atoms with Crippen LogP contribution in [0, 0.1) is 6.07 Å². The normalized spacial score (nSPS) is 10.1. The first-order valence-electron chi connectivity index (χ1n) is 5.45.